The van der Waals surface area contributed by atoms with Crippen LogP contribution in [0.2, 0.25) is 0 Å². The quantitative estimate of drug-likeness (QED) is 0.794. The fourth-order valence-electron chi connectivity index (χ4n) is 2.38. The lowest BCUT2D eigenvalue weighted by atomic mass is 10.4. The highest BCUT2D eigenvalue weighted by Gasteiger charge is 2.32. The molecule has 0 aromatic carbocycles. The highest BCUT2D eigenvalue weighted by atomic mass is 32.2. The summed E-state index contributed by atoms with van der Waals surface area (Å²) in [6.45, 7) is 3.27. The van der Waals surface area contributed by atoms with Gasteiger partial charge in [0.25, 0.3) is 0 Å². The fourth-order valence-corrected chi connectivity index (χ4v) is 5.31. The maximum Gasteiger partial charge on any atom is 0.244 e. The van der Waals surface area contributed by atoms with Gasteiger partial charge in [-0.25, -0.2) is 16.8 Å². The van der Waals surface area contributed by atoms with Crippen LogP contribution < -0.4 is 5.32 Å². The van der Waals surface area contributed by atoms with E-state index in [-0.39, 0.29) is 29.5 Å². The Hall–Kier alpha value is -0.900. The number of nitrogens with one attached hydrogen (secondary N) is 1. The van der Waals surface area contributed by atoms with E-state index >= 15 is 0 Å². The maximum absolute atomic E-state index is 12.6. The van der Waals surface area contributed by atoms with Gasteiger partial charge in [0.05, 0.1) is 11.5 Å². The fraction of sp³-hybridized carbons (Fsp3) is 0.667. The third-order valence-corrected chi connectivity index (χ3v) is 7.07. The molecule has 7 nitrogen and oxygen atoms in total. The zero-order valence-electron chi connectivity index (χ0n) is 12.2. The van der Waals surface area contributed by atoms with Crippen molar-refractivity contribution in [2.45, 2.75) is 24.9 Å². The molecule has 0 aliphatic carbocycles. The van der Waals surface area contributed by atoms with Crippen molar-refractivity contribution >= 4 is 19.9 Å². The summed E-state index contributed by atoms with van der Waals surface area (Å²) in [4.78, 5) is 0.230. The maximum atomic E-state index is 12.6. The van der Waals surface area contributed by atoms with Gasteiger partial charge in [0, 0.05) is 38.1 Å². The Morgan fingerprint density at radius 2 is 1.90 bits per heavy atom. The molecule has 0 saturated carbocycles. The van der Waals surface area contributed by atoms with Crippen molar-refractivity contribution in [3.8, 4) is 0 Å². The molecular weight excluding hydrogens is 314 g/mol. The average molecular weight is 335 g/mol. The lowest BCUT2D eigenvalue weighted by Gasteiger charge is -2.25. The SMILES string of the molecule is CCn1cc(S(=O)(=O)N2CCS(=O)(=O)CC2)cc1CNC. The Labute approximate surface area is 125 Å². The predicted octanol–water partition coefficient (Wildman–Crippen LogP) is -0.353. The summed E-state index contributed by atoms with van der Waals surface area (Å²) in [5, 5.41) is 3.01. The lowest BCUT2D eigenvalue weighted by Crippen LogP contribution is -2.43. The minimum atomic E-state index is -3.62. The van der Waals surface area contributed by atoms with E-state index in [2.05, 4.69) is 5.32 Å². The normalized spacial score (nSPS) is 19.7. The smallest absolute Gasteiger partial charge is 0.244 e. The van der Waals surface area contributed by atoms with Crippen molar-refractivity contribution < 1.29 is 16.8 Å². The highest BCUT2D eigenvalue weighted by molar-refractivity contribution is 7.92. The molecule has 1 aliphatic rings. The van der Waals surface area contributed by atoms with E-state index in [1.165, 1.54) is 4.31 Å². The van der Waals surface area contributed by atoms with Crippen molar-refractivity contribution in [2.75, 3.05) is 31.6 Å². The number of hydrogen-bond acceptors (Lipinski definition) is 5. The Kier molecular flexibility index (Phi) is 4.76. The van der Waals surface area contributed by atoms with Gasteiger partial charge >= 0.3 is 0 Å². The Bertz CT molecular complexity index is 693. The summed E-state index contributed by atoms with van der Waals surface area (Å²) in [5.41, 5.74) is 0.892. The molecule has 0 unspecified atom stereocenters. The third-order valence-electron chi connectivity index (χ3n) is 3.60. The lowest BCUT2D eigenvalue weighted by molar-refractivity contribution is 0.430. The molecule has 9 heteroatoms. The Balaban J connectivity index is 2.28. The molecule has 0 spiro atoms. The van der Waals surface area contributed by atoms with E-state index in [4.69, 9.17) is 0 Å². The second kappa shape index (κ2) is 6.07. The monoisotopic (exact) mass is 335 g/mol. The van der Waals surface area contributed by atoms with Crippen LogP contribution >= 0.6 is 0 Å². The van der Waals surface area contributed by atoms with Crippen LogP contribution in [0, 0.1) is 0 Å². The molecule has 2 heterocycles. The van der Waals surface area contributed by atoms with Crippen molar-refractivity contribution in [1.29, 1.82) is 0 Å². The van der Waals surface area contributed by atoms with Crippen LogP contribution in [-0.2, 0) is 33.0 Å². The van der Waals surface area contributed by atoms with Crippen molar-refractivity contribution in [3.05, 3.63) is 18.0 Å². The molecule has 0 bridgehead atoms. The Morgan fingerprint density at radius 1 is 1.29 bits per heavy atom. The first-order chi connectivity index (χ1) is 9.80. The molecule has 0 atom stereocenters. The summed E-state index contributed by atoms with van der Waals surface area (Å²) in [6.07, 6.45) is 1.62. The molecule has 0 amide bonds. The zero-order chi connectivity index (χ0) is 15.7. The molecule has 1 aromatic heterocycles. The third kappa shape index (κ3) is 3.47. The summed E-state index contributed by atoms with van der Waals surface area (Å²) in [6, 6.07) is 1.65. The number of aryl methyl sites for hydroxylation is 1. The average Bonchev–Trinajstić information content (AvgIpc) is 2.82. The molecule has 1 fully saturated rings. The van der Waals surface area contributed by atoms with Crippen molar-refractivity contribution in [3.63, 3.8) is 0 Å². The van der Waals surface area contributed by atoms with Gasteiger partial charge in [0.15, 0.2) is 9.84 Å². The number of hydrogen-bond donors (Lipinski definition) is 1. The van der Waals surface area contributed by atoms with Gasteiger partial charge < -0.3 is 9.88 Å². The standard InChI is InChI=1S/C12H21N3O4S2/c1-3-14-10-12(8-11(14)9-13-2)21(18,19)15-4-6-20(16,17)7-5-15/h8,10,13H,3-7,9H2,1-2H3. The number of sulfonamides is 1. The van der Waals surface area contributed by atoms with Crippen LogP contribution in [0.1, 0.15) is 12.6 Å². The number of nitrogens with zero attached hydrogens (tertiary/aromatic N) is 2. The summed E-state index contributed by atoms with van der Waals surface area (Å²) < 4.78 is 51.1. The van der Waals surface area contributed by atoms with Crippen LogP contribution in [0.3, 0.4) is 0 Å². The van der Waals surface area contributed by atoms with Gasteiger partial charge in [-0.1, -0.05) is 0 Å². The number of aromatic nitrogens is 1. The molecule has 1 N–H and O–H groups in total. The molecule has 1 aliphatic heterocycles. The first kappa shape index (κ1) is 16.5. The van der Waals surface area contributed by atoms with Gasteiger partial charge in [-0.2, -0.15) is 4.31 Å². The van der Waals surface area contributed by atoms with E-state index in [9.17, 15) is 16.8 Å². The van der Waals surface area contributed by atoms with Gasteiger partial charge in [-0.05, 0) is 20.0 Å². The van der Waals surface area contributed by atoms with Crippen LogP contribution in [0.25, 0.3) is 0 Å². The first-order valence-electron chi connectivity index (χ1n) is 6.84. The van der Waals surface area contributed by atoms with E-state index in [1.807, 2.05) is 11.5 Å². The first-order valence-corrected chi connectivity index (χ1v) is 10.1. The van der Waals surface area contributed by atoms with Crippen molar-refractivity contribution in [2.24, 2.45) is 0 Å². The molecule has 2 rings (SSSR count). The Morgan fingerprint density at radius 3 is 2.43 bits per heavy atom. The molecule has 120 valence electrons. The molecule has 1 aromatic rings. The van der Waals surface area contributed by atoms with Gasteiger partial charge in [0.2, 0.25) is 10.0 Å². The van der Waals surface area contributed by atoms with Gasteiger partial charge in [0.1, 0.15) is 4.90 Å². The van der Waals surface area contributed by atoms with Gasteiger partial charge in [-0.3, -0.25) is 0 Å². The van der Waals surface area contributed by atoms with Crippen LogP contribution in [-0.4, -0.2) is 57.4 Å². The zero-order valence-corrected chi connectivity index (χ0v) is 13.9. The summed E-state index contributed by atoms with van der Waals surface area (Å²) in [5.74, 6) is -0.214. The van der Waals surface area contributed by atoms with Crippen LogP contribution in [0.15, 0.2) is 17.2 Å². The minimum Gasteiger partial charge on any atom is -0.349 e. The minimum absolute atomic E-state index is 0.0311. The van der Waals surface area contributed by atoms with Crippen LogP contribution in [0.5, 0.6) is 0 Å². The number of sulfone groups is 1. The molecule has 0 radical (unpaired) electrons. The van der Waals surface area contributed by atoms with E-state index in [0.717, 1.165) is 5.69 Å². The van der Waals surface area contributed by atoms with E-state index in [0.29, 0.717) is 13.1 Å². The highest BCUT2D eigenvalue weighted by Crippen LogP contribution is 2.21. The number of rotatable bonds is 5. The van der Waals surface area contributed by atoms with Crippen LogP contribution in [0.4, 0.5) is 0 Å². The largest absolute Gasteiger partial charge is 0.349 e. The van der Waals surface area contributed by atoms with E-state index in [1.54, 1.807) is 19.3 Å². The predicted molar refractivity (Wildman–Crippen MR) is 80.3 cm³/mol. The second-order valence-corrected chi connectivity index (χ2v) is 9.28. The topological polar surface area (TPSA) is 88.5 Å². The van der Waals surface area contributed by atoms with E-state index < -0.39 is 19.9 Å². The van der Waals surface area contributed by atoms with Crippen molar-refractivity contribution in [1.82, 2.24) is 14.2 Å². The molecular formula is C12H21N3O4S2. The van der Waals surface area contributed by atoms with Gasteiger partial charge in [-0.15, -0.1) is 0 Å². The molecule has 1 saturated heterocycles. The molecule has 21 heavy (non-hydrogen) atoms. The summed E-state index contributed by atoms with van der Waals surface area (Å²) in [7, 11) is -4.92. The summed E-state index contributed by atoms with van der Waals surface area (Å²) >= 11 is 0. The second-order valence-electron chi connectivity index (χ2n) is 5.04.